The summed E-state index contributed by atoms with van der Waals surface area (Å²) in [5.74, 6) is 0. The highest BCUT2D eigenvalue weighted by Crippen LogP contribution is 2.06. The maximum Gasteiger partial charge on any atom is 0.218 e. The smallest absolute Gasteiger partial charge is 0.218 e. The highest BCUT2D eigenvalue weighted by molar-refractivity contribution is 6.83. The molecule has 0 spiro atoms. The zero-order valence-corrected chi connectivity index (χ0v) is 7.59. The first-order valence-electron chi connectivity index (χ1n) is 2.35. The molecule has 0 bridgehead atoms. The quantitative estimate of drug-likeness (QED) is 0.466. The molecule has 0 radical (unpaired) electrons. The first-order valence-corrected chi connectivity index (χ1v) is 6.25. The van der Waals surface area contributed by atoms with E-state index in [1.807, 2.05) is 6.55 Å². The van der Waals surface area contributed by atoms with Crippen LogP contribution in [0.5, 0.6) is 0 Å². The molecular weight excluding hydrogens is 163 g/mol. The van der Waals surface area contributed by atoms with Crippen LogP contribution >= 0.6 is 23.2 Å². The van der Waals surface area contributed by atoms with Gasteiger partial charge >= 0.3 is 0 Å². The van der Waals surface area contributed by atoms with Gasteiger partial charge in [0.05, 0.1) is 0 Å². The minimum atomic E-state index is -1.64. The molecular formula is C4H10Cl2OSi. The minimum Gasteiger partial charge on any atom is -0.418 e. The van der Waals surface area contributed by atoms with Crippen LogP contribution in [0.1, 0.15) is 0 Å². The van der Waals surface area contributed by atoms with Crippen molar-refractivity contribution < 1.29 is 4.43 Å². The first-order chi connectivity index (χ1) is 3.68. The van der Waals surface area contributed by atoms with Gasteiger partial charge in [-0.05, 0) is 6.55 Å². The third-order valence-corrected chi connectivity index (χ3v) is 6.57. The van der Waals surface area contributed by atoms with Crippen molar-refractivity contribution in [3.05, 3.63) is 0 Å². The van der Waals surface area contributed by atoms with Gasteiger partial charge in [-0.15, -0.1) is 23.2 Å². The third-order valence-electron chi connectivity index (χ3n) is 1.06. The molecule has 0 aliphatic rings. The second-order valence-electron chi connectivity index (χ2n) is 1.92. The second-order valence-corrected chi connectivity index (χ2v) is 7.37. The second kappa shape index (κ2) is 3.72. The predicted octanol–water partition coefficient (Wildman–Crippen LogP) is 1.76. The van der Waals surface area contributed by atoms with Crippen molar-refractivity contribution in [3.63, 3.8) is 0 Å². The topological polar surface area (TPSA) is 9.23 Å². The van der Waals surface area contributed by atoms with Crippen molar-refractivity contribution in [2.45, 2.75) is 6.55 Å². The summed E-state index contributed by atoms with van der Waals surface area (Å²) in [6.07, 6.45) is 0. The van der Waals surface area contributed by atoms with E-state index in [2.05, 4.69) is 0 Å². The Balaban J connectivity index is 3.58. The van der Waals surface area contributed by atoms with Gasteiger partial charge in [0.1, 0.15) is 0 Å². The van der Waals surface area contributed by atoms with Crippen molar-refractivity contribution in [2.24, 2.45) is 0 Å². The van der Waals surface area contributed by atoms with Gasteiger partial charge in [0.25, 0.3) is 0 Å². The molecule has 0 amide bonds. The van der Waals surface area contributed by atoms with Crippen LogP contribution in [0.25, 0.3) is 0 Å². The van der Waals surface area contributed by atoms with Gasteiger partial charge in [-0.3, -0.25) is 0 Å². The molecule has 50 valence electrons. The minimum absolute atomic E-state index is 0.576. The fourth-order valence-corrected chi connectivity index (χ4v) is 1.95. The van der Waals surface area contributed by atoms with Crippen LogP contribution in [0, 0.1) is 0 Å². The Kier molecular flexibility index (Phi) is 4.07. The summed E-state index contributed by atoms with van der Waals surface area (Å²) in [5.41, 5.74) is 1.15. The van der Waals surface area contributed by atoms with Crippen LogP contribution < -0.4 is 0 Å². The Hall–Kier alpha value is 0.757. The summed E-state index contributed by atoms with van der Waals surface area (Å²) < 4.78 is 5.11. The average Bonchev–Trinajstić information content (AvgIpc) is 1.87. The first kappa shape index (κ1) is 8.76. The molecule has 0 aliphatic heterocycles. The fourth-order valence-electron chi connectivity index (χ4n) is 0.145. The Morgan fingerprint density at radius 1 is 1.38 bits per heavy atom. The molecule has 0 saturated carbocycles. The lowest BCUT2D eigenvalue weighted by Gasteiger charge is -2.17. The lowest BCUT2D eigenvalue weighted by molar-refractivity contribution is 0.408. The zero-order chi connectivity index (χ0) is 6.62. The Bertz CT molecular complexity index is 56.8. The van der Waals surface area contributed by atoms with Gasteiger partial charge < -0.3 is 4.43 Å². The Morgan fingerprint density at radius 3 is 1.75 bits per heavy atom. The van der Waals surface area contributed by atoms with Crippen molar-refractivity contribution >= 4 is 31.5 Å². The van der Waals surface area contributed by atoms with Gasteiger partial charge in [-0.2, -0.15) is 0 Å². The zero-order valence-electron chi connectivity index (χ0n) is 5.08. The van der Waals surface area contributed by atoms with Crippen LogP contribution in [0.3, 0.4) is 0 Å². The van der Waals surface area contributed by atoms with E-state index in [0.29, 0.717) is 11.0 Å². The number of halogens is 2. The maximum absolute atomic E-state index is 5.56. The Morgan fingerprint density at radius 2 is 1.75 bits per heavy atom. The fraction of sp³-hybridized carbons (Fsp3) is 1.00. The van der Waals surface area contributed by atoms with Crippen LogP contribution in [-0.2, 0) is 4.43 Å². The van der Waals surface area contributed by atoms with E-state index in [4.69, 9.17) is 27.6 Å². The van der Waals surface area contributed by atoms with E-state index in [1.165, 1.54) is 0 Å². The SMILES string of the molecule is CO[Si](C)(CCl)CCl. The summed E-state index contributed by atoms with van der Waals surface area (Å²) in [4.78, 5) is 0. The van der Waals surface area contributed by atoms with Crippen LogP contribution in [0.15, 0.2) is 0 Å². The number of alkyl halides is 2. The van der Waals surface area contributed by atoms with Crippen molar-refractivity contribution in [3.8, 4) is 0 Å². The summed E-state index contributed by atoms with van der Waals surface area (Å²) >= 11 is 11.1. The highest BCUT2D eigenvalue weighted by Gasteiger charge is 2.24. The molecule has 0 N–H and O–H groups in total. The number of hydrogen-bond acceptors (Lipinski definition) is 1. The van der Waals surface area contributed by atoms with Crippen LogP contribution in [0.4, 0.5) is 0 Å². The van der Waals surface area contributed by atoms with Crippen LogP contribution in [-0.4, -0.2) is 26.4 Å². The van der Waals surface area contributed by atoms with E-state index in [0.717, 1.165) is 0 Å². The standard InChI is InChI=1S/C4H10Cl2OSi/c1-7-8(2,3-5)4-6/h3-4H2,1-2H3. The van der Waals surface area contributed by atoms with Gasteiger partial charge in [0.2, 0.25) is 8.32 Å². The van der Waals surface area contributed by atoms with Gasteiger partial charge in [0, 0.05) is 18.1 Å². The molecule has 0 aromatic heterocycles. The summed E-state index contributed by atoms with van der Waals surface area (Å²) in [7, 11) is 0.0232. The average molecular weight is 173 g/mol. The van der Waals surface area contributed by atoms with Gasteiger partial charge in [-0.1, -0.05) is 0 Å². The number of rotatable bonds is 3. The lowest BCUT2D eigenvalue weighted by atomic mass is 11.8. The molecule has 0 unspecified atom stereocenters. The van der Waals surface area contributed by atoms with Crippen molar-refractivity contribution in [2.75, 3.05) is 18.1 Å². The van der Waals surface area contributed by atoms with E-state index in [1.54, 1.807) is 7.11 Å². The van der Waals surface area contributed by atoms with E-state index < -0.39 is 8.32 Å². The summed E-state index contributed by atoms with van der Waals surface area (Å²) in [6, 6.07) is 0. The maximum atomic E-state index is 5.56. The number of hydrogen-bond donors (Lipinski definition) is 0. The Labute approximate surface area is 61.1 Å². The molecule has 0 saturated heterocycles. The lowest BCUT2D eigenvalue weighted by Crippen LogP contribution is -2.38. The third kappa shape index (κ3) is 2.35. The molecule has 0 atom stereocenters. The van der Waals surface area contributed by atoms with E-state index >= 15 is 0 Å². The van der Waals surface area contributed by atoms with Crippen LogP contribution in [0.2, 0.25) is 6.55 Å². The highest BCUT2D eigenvalue weighted by atomic mass is 35.5. The molecule has 4 heteroatoms. The molecule has 0 aromatic rings. The molecule has 8 heavy (non-hydrogen) atoms. The summed E-state index contributed by atoms with van der Waals surface area (Å²) in [6.45, 7) is 2.01. The largest absolute Gasteiger partial charge is 0.418 e. The molecule has 0 heterocycles. The monoisotopic (exact) mass is 172 g/mol. The van der Waals surface area contributed by atoms with Crippen molar-refractivity contribution in [1.82, 2.24) is 0 Å². The molecule has 0 rings (SSSR count). The summed E-state index contributed by atoms with van der Waals surface area (Å²) in [5, 5.41) is 0. The predicted molar refractivity (Wildman–Crippen MR) is 40.1 cm³/mol. The van der Waals surface area contributed by atoms with Gasteiger partial charge in [-0.25, -0.2) is 0 Å². The molecule has 0 aliphatic carbocycles. The molecule has 0 aromatic carbocycles. The van der Waals surface area contributed by atoms with Gasteiger partial charge in [0.15, 0.2) is 0 Å². The van der Waals surface area contributed by atoms with E-state index in [-0.39, 0.29) is 0 Å². The van der Waals surface area contributed by atoms with Crippen molar-refractivity contribution in [1.29, 1.82) is 0 Å². The molecule has 0 fully saturated rings. The van der Waals surface area contributed by atoms with E-state index in [9.17, 15) is 0 Å². The normalized spacial score (nSPS) is 12.0. The molecule has 1 nitrogen and oxygen atoms in total.